The van der Waals surface area contributed by atoms with Crippen LogP contribution in [0, 0.1) is 11.3 Å². The molecule has 1 aliphatic rings. The van der Waals surface area contributed by atoms with E-state index in [0.29, 0.717) is 0 Å². The molecular formula is C17H17ClF3N3O. The van der Waals surface area contributed by atoms with Crippen molar-refractivity contribution in [3.63, 3.8) is 0 Å². The van der Waals surface area contributed by atoms with Gasteiger partial charge in [0.25, 0.3) is 5.91 Å². The quantitative estimate of drug-likeness (QED) is 0.599. The molecule has 0 heterocycles. The van der Waals surface area contributed by atoms with Crippen molar-refractivity contribution in [1.82, 2.24) is 5.32 Å². The van der Waals surface area contributed by atoms with E-state index >= 15 is 0 Å². The van der Waals surface area contributed by atoms with Crippen LogP contribution in [0.3, 0.4) is 0 Å². The van der Waals surface area contributed by atoms with Crippen molar-refractivity contribution < 1.29 is 18.0 Å². The minimum Gasteiger partial charge on any atom is -0.387 e. The lowest BCUT2D eigenvalue weighted by Gasteiger charge is -2.21. The number of nitrogens with one attached hydrogen (secondary N) is 2. The van der Waals surface area contributed by atoms with E-state index in [-0.39, 0.29) is 17.3 Å². The number of carbonyl (C=O) groups is 1. The Labute approximate surface area is 148 Å². The molecule has 0 radical (unpaired) electrons. The first kappa shape index (κ1) is 19.1. The molecule has 1 aliphatic carbocycles. The predicted molar refractivity (Wildman–Crippen MR) is 88.8 cm³/mol. The number of amides is 1. The highest BCUT2D eigenvalue weighted by Gasteiger charge is 2.33. The number of halogens is 4. The van der Waals surface area contributed by atoms with Crippen LogP contribution < -0.4 is 10.6 Å². The summed E-state index contributed by atoms with van der Waals surface area (Å²) in [4.78, 5) is 12.1. The Kier molecular flexibility index (Phi) is 6.32. The standard InChI is InChI=1S/C17H17ClF3N3O/c18-15-7-6-13(8-14(15)17(19,20)21)24-16(25)11(9-22)10-23-12-4-2-1-3-5-12/h6-8,10,12,23H,1-5H2,(H,24,25)/b11-10-. The van der Waals surface area contributed by atoms with Crippen molar-refractivity contribution in [1.29, 1.82) is 5.26 Å². The first-order valence-corrected chi connectivity index (χ1v) is 8.23. The van der Waals surface area contributed by atoms with Gasteiger partial charge < -0.3 is 10.6 Å². The van der Waals surface area contributed by atoms with Crippen molar-refractivity contribution >= 4 is 23.2 Å². The molecule has 2 N–H and O–H groups in total. The highest BCUT2D eigenvalue weighted by Crippen LogP contribution is 2.36. The van der Waals surface area contributed by atoms with Crippen LogP contribution in [0.1, 0.15) is 37.7 Å². The average molecular weight is 372 g/mol. The minimum atomic E-state index is -4.63. The zero-order chi connectivity index (χ0) is 18.4. The number of rotatable bonds is 4. The van der Waals surface area contributed by atoms with Gasteiger partial charge in [-0.05, 0) is 31.0 Å². The maximum atomic E-state index is 12.8. The number of alkyl halides is 3. The molecule has 8 heteroatoms. The predicted octanol–water partition coefficient (Wildman–Crippen LogP) is 4.63. The lowest BCUT2D eigenvalue weighted by molar-refractivity contribution is -0.137. The molecule has 0 saturated heterocycles. The number of carbonyl (C=O) groups excluding carboxylic acids is 1. The molecule has 1 amide bonds. The monoisotopic (exact) mass is 371 g/mol. The van der Waals surface area contributed by atoms with Gasteiger partial charge in [0.1, 0.15) is 11.6 Å². The number of benzene rings is 1. The zero-order valence-corrected chi connectivity index (χ0v) is 14.0. The van der Waals surface area contributed by atoms with Crippen LogP contribution in [-0.2, 0) is 11.0 Å². The van der Waals surface area contributed by atoms with Gasteiger partial charge in [0.15, 0.2) is 0 Å². The SMILES string of the molecule is N#C/C(=C/NC1CCCCC1)C(=O)Nc1ccc(Cl)c(C(F)(F)F)c1. The van der Waals surface area contributed by atoms with Crippen LogP contribution in [0.2, 0.25) is 5.02 Å². The van der Waals surface area contributed by atoms with E-state index in [1.165, 1.54) is 18.7 Å². The van der Waals surface area contributed by atoms with E-state index < -0.39 is 22.7 Å². The lowest BCUT2D eigenvalue weighted by atomic mass is 9.96. The van der Waals surface area contributed by atoms with Crippen molar-refractivity contribution in [2.24, 2.45) is 0 Å². The van der Waals surface area contributed by atoms with Gasteiger partial charge in [-0.3, -0.25) is 4.79 Å². The Balaban J connectivity index is 2.08. The van der Waals surface area contributed by atoms with Gasteiger partial charge in [-0.15, -0.1) is 0 Å². The average Bonchev–Trinajstić information content (AvgIpc) is 2.57. The molecule has 0 atom stereocenters. The molecule has 1 saturated carbocycles. The van der Waals surface area contributed by atoms with Gasteiger partial charge in [-0.1, -0.05) is 30.9 Å². The Bertz CT molecular complexity index is 704. The Morgan fingerprint density at radius 2 is 1.96 bits per heavy atom. The van der Waals surface area contributed by atoms with Crippen LogP contribution in [0.15, 0.2) is 30.0 Å². The minimum absolute atomic E-state index is 0.0828. The fourth-order valence-corrected chi connectivity index (χ4v) is 2.86. The summed E-state index contributed by atoms with van der Waals surface area (Å²) in [7, 11) is 0. The highest BCUT2D eigenvalue weighted by atomic mass is 35.5. The Hall–Kier alpha value is -2.20. The van der Waals surface area contributed by atoms with E-state index in [2.05, 4.69) is 10.6 Å². The van der Waals surface area contributed by atoms with Crippen LogP contribution in [0.4, 0.5) is 18.9 Å². The molecular weight excluding hydrogens is 355 g/mol. The summed E-state index contributed by atoms with van der Waals surface area (Å²) in [5.74, 6) is -0.777. The van der Waals surface area contributed by atoms with Crippen molar-refractivity contribution in [2.45, 2.75) is 44.3 Å². The second-order valence-electron chi connectivity index (χ2n) is 5.82. The fourth-order valence-electron chi connectivity index (χ4n) is 2.64. The van der Waals surface area contributed by atoms with Crippen LogP contribution in [0.25, 0.3) is 0 Å². The van der Waals surface area contributed by atoms with E-state index in [1.807, 2.05) is 0 Å². The molecule has 1 fully saturated rings. The molecule has 0 unspecified atom stereocenters. The third-order valence-electron chi connectivity index (χ3n) is 3.96. The van der Waals surface area contributed by atoms with E-state index in [9.17, 15) is 18.0 Å². The van der Waals surface area contributed by atoms with Crippen molar-refractivity contribution in [3.8, 4) is 6.07 Å². The van der Waals surface area contributed by atoms with Crippen LogP contribution >= 0.6 is 11.6 Å². The Morgan fingerprint density at radius 3 is 2.56 bits per heavy atom. The zero-order valence-electron chi connectivity index (χ0n) is 13.3. The molecule has 0 bridgehead atoms. The maximum Gasteiger partial charge on any atom is 0.417 e. The second kappa shape index (κ2) is 8.26. The Morgan fingerprint density at radius 1 is 1.28 bits per heavy atom. The largest absolute Gasteiger partial charge is 0.417 e. The van der Waals surface area contributed by atoms with Gasteiger partial charge in [0, 0.05) is 17.9 Å². The first-order chi connectivity index (χ1) is 11.8. The van der Waals surface area contributed by atoms with Crippen LogP contribution in [0.5, 0.6) is 0 Å². The van der Waals surface area contributed by atoms with Crippen LogP contribution in [-0.4, -0.2) is 11.9 Å². The van der Waals surface area contributed by atoms with Crippen molar-refractivity contribution in [3.05, 3.63) is 40.6 Å². The van der Waals surface area contributed by atoms with Gasteiger partial charge in [0.2, 0.25) is 0 Å². The van der Waals surface area contributed by atoms with Crippen molar-refractivity contribution in [2.75, 3.05) is 5.32 Å². The second-order valence-corrected chi connectivity index (χ2v) is 6.23. The number of hydrogen-bond acceptors (Lipinski definition) is 3. The smallest absolute Gasteiger partial charge is 0.387 e. The topological polar surface area (TPSA) is 64.9 Å². The van der Waals surface area contributed by atoms with E-state index in [0.717, 1.165) is 37.8 Å². The summed E-state index contributed by atoms with van der Waals surface area (Å²) in [6.45, 7) is 0. The van der Waals surface area contributed by atoms with E-state index in [1.54, 1.807) is 6.07 Å². The van der Waals surface area contributed by atoms with Gasteiger partial charge in [0.05, 0.1) is 10.6 Å². The summed E-state index contributed by atoms with van der Waals surface area (Å²) in [5, 5.41) is 14.0. The molecule has 0 aromatic heterocycles. The van der Waals surface area contributed by atoms with Gasteiger partial charge >= 0.3 is 6.18 Å². The summed E-state index contributed by atoms with van der Waals surface area (Å²) in [5.41, 5.74) is -1.33. The van der Waals surface area contributed by atoms with E-state index in [4.69, 9.17) is 16.9 Å². The molecule has 2 rings (SSSR count). The maximum absolute atomic E-state index is 12.8. The number of hydrogen-bond donors (Lipinski definition) is 2. The third kappa shape index (κ3) is 5.40. The number of anilines is 1. The number of nitriles is 1. The third-order valence-corrected chi connectivity index (χ3v) is 4.29. The molecule has 0 aliphatic heterocycles. The molecule has 1 aromatic carbocycles. The summed E-state index contributed by atoms with van der Waals surface area (Å²) in [6.07, 6.45) is 1.97. The molecule has 0 spiro atoms. The van der Waals surface area contributed by atoms with Gasteiger partial charge in [-0.25, -0.2) is 0 Å². The first-order valence-electron chi connectivity index (χ1n) is 7.85. The summed E-state index contributed by atoms with van der Waals surface area (Å²) >= 11 is 5.54. The fraction of sp³-hybridized carbons (Fsp3) is 0.412. The van der Waals surface area contributed by atoms with Gasteiger partial charge in [-0.2, -0.15) is 18.4 Å². The molecule has 4 nitrogen and oxygen atoms in total. The summed E-state index contributed by atoms with van der Waals surface area (Å²) in [6, 6.07) is 5.00. The highest BCUT2D eigenvalue weighted by molar-refractivity contribution is 6.31. The molecule has 1 aromatic rings. The normalized spacial score (nSPS) is 16.2. The lowest BCUT2D eigenvalue weighted by Crippen LogP contribution is -2.28. The molecule has 134 valence electrons. The molecule has 25 heavy (non-hydrogen) atoms. The summed E-state index contributed by atoms with van der Waals surface area (Å²) < 4.78 is 38.5. The number of nitrogens with zero attached hydrogens (tertiary/aromatic N) is 1.